The third-order valence-corrected chi connectivity index (χ3v) is 3.48. The van der Waals surface area contributed by atoms with Crippen LogP contribution in [0, 0.1) is 0 Å². The van der Waals surface area contributed by atoms with Crippen molar-refractivity contribution in [3.63, 3.8) is 0 Å². The molecule has 0 saturated heterocycles. The Morgan fingerprint density at radius 2 is 1.94 bits per heavy atom. The van der Waals surface area contributed by atoms with Gasteiger partial charge in [-0.15, -0.1) is 0 Å². The highest BCUT2D eigenvalue weighted by atomic mass is 35.5. The first-order valence-electron chi connectivity index (χ1n) is 5.83. The molecular formula is C13H21ClN2. The molecule has 1 aromatic rings. The summed E-state index contributed by atoms with van der Waals surface area (Å²) in [5.41, 5.74) is 7.76. The summed E-state index contributed by atoms with van der Waals surface area (Å²) in [6.45, 7) is 5.24. The molecule has 0 saturated carbocycles. The number of rotatable bonds is 5. The van der Waals surface area contributed by atoms with Gasteiger partial charge in [-0.05, 0) is 32.0 Å². The quantitative estimate of drug-likeness (QED) is 0.798. The van der Waals surface area contributed by atoms with Crippen molar-refractivity contribution in [2.45, 2.75) is 39.3 Å². The van der Waals surface area contributed by atoms with Crippen molar-refractivity contribution < 1.29 is 0 Å². The van der Waals surface area contributed by atoms with Crippen LogP contribution in [-0.4, -0.2) is 18.0 Å². The van der Waals surface area contributed by atoms with Crippen molar-refractivity contribution in [1.82, 2.24) is 4.90 Å². The standard InChI is InChI=1S/C13H21ClN2/c1-4-10(5-2)16(3)9-11-12(14)7-6-8-13(11)15/h6-8,10H,4-5,9,15H2,1-3H3. The van der Waals surface area contributed by atoms with Gasteiger partial charge in [0.1, 0.15) is 0 Å². The molecule has 0 aliphatic heterocycles. The van der Waals surface area contributed by atoms with Crippen molar-refractivity contribution in [2.24, 2.45) is 0 Å². The van der Waals surface area contributed by atoms with Crippen LogP contribution in [0.5, 0.6) is 0 Å². The Bertz CT molecular complexity index is 314. The van der Waals surface area contributed by atoms with Gasteiger partial charge in [0.05, 0.1) is 0 Å². The Labute approximate surface area is 103 Å². The topological polar surface area (TPSA) is 29.3 Å². The van der Waals surface area contributed by atoms with Crippen LogP contribution in [0.4, 0.5) is 5.69 Å². The highest BCUT2D eigenvalue weighted by Crippen LogP contribution is 2.24. The first-order chi connectivity index (χ1) is 7.60. The number of anilines is 1. The minimum absolute atomic E-state index is 0.593. The lowest BCUT2D eigenvalue weighted by Crippen LogP contribution is -2.30. The molecule has 0 bridgehead atoms. The smallest absolute Gasteiger partial charge is 0.0471 e. The second kappa shape index (κ2) is 6.12. The Hall–Kier alpha value is -0.730. The number of hydrogen-bond donors (Lipinski definition) is 1. The number of nitrogen functional groups attached to an aromatic ring is 1. The maximum Gasteiger partial charge on any atom is 0.0471 e. The van der Waals surface area contributed by atoms with Crippen molar-refractivity contribution >= 4 is 17.3 Å². The summed E-state index contributed by atoms with van der Waals surface area (Å²) in [6, 6.07) is 6.28. The summed E-state index contributed by atoms with van der Waals surface area (Å²) in [7, 11) is 2.13. The van der Waals surface area contributed by atoms with Crippen molar-refractivity contribution in [3.8, 4) is 0 Å². The maximum absolute atomic E-state index is 6.16. The summed E-state index contributed by atoms with van der Waals surface area (Å²) >= 11 is 6.16. The average molecular weight is 241 g/mol. The van der Waals surface area contributed by atoms with Crippen molar-refractivity contribution in [3.05, 3.63) is 28.8 Å². The highest BCUT2D eigenvalue weighted by Gasteiger charge is 2.13. The fourth-order valence-electron chi connectivity index (χ4n) is 2.03. The molecule has 1 aromatic carbocycles. The largest absolute Gasteiger partial charge is 0.398 e. The molecule has 2 N–H and O–H groups in total. The normalized spacial score (nSPS) is 11.4. The third-order valence-electron chi connectivity index (χ3n) is 3.13. The van der Waals surface area contributed by atoms with Crippen LogP contribution < -0.4 is 5.73 Å². The van der Waals surface area contributed by atoms with Gasteiger partial charge in [0.15, 0.2) is 0 Å². The Morgan fingerprint density at radius 1 is 1.31 bits per heavy atom. The van der Waals surface area contributed by atoms with Gasteiger partial charge in [0.25, 0.3) is 0 Å². The molecule has 0 amide bonds. The van der Waals surface area contributed by atoms with E-state index in [1.165, 1.54) is 0 Å². The molecule has 0 aliphatic rings. The fraction of sp³-hybridized carbons (Fsp3) is 0.538. The molecule has 90 valence electrons. The van der Waals surface area contributed by atoms with Crippen LogP contribution in [0.3, 0.4) is 0 Å². The van der Waals surface area contributed by atoms with E-state index in [0.717, 1.165) is 35.7 Å². The summed E-state index contributed by atoms with van der Waals surface area (Å²) < 4.78 is 0. The minimum atomic E-state index is 0.593. The molecule has 0 radical (unpaired) electrons. The molecule has 2 nitrogen and oxygen atoms in total. The van der Waals surface area contributed by atoms with E-state index in [9.17, 15) is 0 Å². The average Bonchev–Trinajstić information content (AvgIpc) is 2.25. The summed E-state index contributed by atoms with van der Waals surface area (Å²) in [5, 5.41) is 0.762. The van der Waals surface area contributed by atoms with E-state index in [1.54, 1.807) is 0 Å². The molecule has 0 unspecified atom stereocenters. The van der Waals surface area contributed by atoms with E-state index in [0.29, 0.717) is 6.04 Å². The van der Waals surface area contributed by atoms with Crippen LogP contribution in [0.25, 0.3) is 0 Å². The van der Waals surface area contributed by atoms with Crippen LogP contribution in [-0.2, 0) is 6.54 Å². The van der Waals surface area contributed by atoms with Crippen LogP contribution in [0.1, 0.15) is 32.3 Å². The molecule has 0 aromatic heterocycles. The lowest BCUT2D eigenvalue weighted by molar-refractivity contribution is 0.222. The van der Waals surface area contributed by atoms with E-state index in [1.807, 2.05) is 18.2 Å². The van der Waals surface area contributed by atoms with Gasteiger partial charge < -0.3 is 5.73 Å². The highest BCUT2D eigenvalue weighted by molar-refractivity contribution is 6.31. The molecular weight excluding hydrogens is 220 g/mol. The van der Waals surface area contributed by atoms with E-state index in [2.05, 4.69) is 25.8 Å². The summed E-state index contributed by atoms with van der Waals surface area (Å²) in [6.07, 6.45) is 2.30. The molecule has 1 rings (SSSR count). The van der Waals surface area contributed by atoms with E-state index in [4.69, 9.17) is 17.3 Å². The molecule has 0 spiro atoms. The second-order valence-electron chi connectivity index (χ2n) is 4.19. The molecule has 0 fully saturated rings. The number of hydrogen-bond acceptors (Lipinski definition) is 2. The Morgan fingerprint density at radius 3 is 2.44 bits per heavy atom. The zero-order chi connectivity index (χ0) is 12.1. The van der Waals surface area contributed by atoms with Crippen LogP contribution in [0.15, 0.2) is 18.2 Å². The molecule has 0 atom stereocenters. The maximum atomic E-state index is 6.16. The molecule has 3 heteroatoms. The van der Waals surface area contributed by atoms with Gasteiger partial charge in [0, 0.05) is 28.9 Å². The van der Waals surface area contributed by atoms with Gasteiger partial charge >= 0.3 is 0 Å². The molecule has 16 heavy (non-hydrogen) atoms. The van der Waals surface area contributed by atoms with Crippen LogP contribution in [0.2, 0.25) is 5.02 Å². The van der Waals surface area contributed by atoms with Gasteiger partial charge in [-0.3, -0.25) is 4.90 Å². The first-order valence-corrected chi connectivity index (χ1v) is 6.21. The van der Waals surface area contributed by atoms with Gasteiger partial charge in [-0.25, -0.2) is 0 Å². The summed E-state index contributed by atoms with van der Waals surface area (Å²) in [5.74, 6) is 0. The first kappa shape index (κ1) is 13.3. The Kier molecular flexibility index (Phi) is 5.10. The zero-order valence-corrected chi connectivity index (χ0v) is 11.1. The SMILES string of the molecule is CCC(CC)N(C)Cc1c(N)cccc1Cl. The van der Waals surface area contributed by atoms with Crippen molar-refractivity contribution in [1.29, 1.82) is 0 Å². The lowest BCUT2D eigenvalue weighted by atomic mass is 10.1. The number of benzene rings is 1. The lowest BCUT2D eigenvalue weighted by Gasteiger charge is -2.26. The Balaban J connectivity index is 2.80. The number of nitrogens with two attached hydrogens (primary N) is 1. The van der Waals surface area contributed by atoms with Gasteiger partial charge in [0.2, 0.25) is 0 Å². The fourth-order valence-corrected chi connectivity index (χ4v) is 2.27. The predicted molar refractivity (Wildman–Crippen MR) is 71.7 cm³/mol. The third kappa shape index (κ3) is 3.13. The predicted octanol–water partition coefficient (Wildman–Crippen LogP) is 3.54. The number of nitrogens with zero attached hydrogens (tertiary/aromatic N) is 1. The molecule has 0 aliphatic carbocycles. The molecule has 0 heterocycles. The van der Waals surface area contributed by atoms with Gasteiger partial charge in [-0.2, -0.15) is 0 Å². The minimum Gasteiger partial charge on any atom is -0.398 e. The van der Waals surface area contributed by atoms with E-state index >= 15 is 0 Å². The van der Waals surface area contributed by atoms with E-state index < -0.39 is 0 Å². The zero-order valence-electron chi connectivity index (χ0n) is 10.3. The van der Waals surface area contributed by atoms with Crippen LogP contribution >= 0.6 is 11.6 Å². The van der Waals surface area contributed by atoms with Gasteiger partial charge in [-0.1, -0.05) is 31.5 Å². The van der Waals surface area contributed by atoms with E-state index in [-0.39, 0.29) is 0 Å². The second-order valence-corrected chi connectivity index (χ2v) is 4.60. The summed E-state index contributed by atoms with van der Waals surface area (Å²) in [4.78, 5) is 2.32. The monoisotopic (exact) mass is 240 g/mol. The number of halogens is 1. The van der Waals surface area contributed by atoms with Crippen molar-refractivity contribution in [2.75, 3.05) is 12.8 Å².